The van der Waals surface area contributed by atoms with Crippen LogP contribution in [0.25, 0.3) is 0 Å². The molecule has 0 radical (unpaired) electrons. The molecule has 0 spiro atoms. The van der Waals surface area contributed by atoms with Crippen LogP contribution in [0.15, 0.2) is 16.5 Å². The van der Waals surface area contributed by atoms with Gasteiger partial charge in [-0.25, -0.2) is 8.42 Å². The number of carbonyl (C=O) groups excluding carboxylic acids is 1. The van der Waals surface area contributed by atoms with Gasteiger partial charge in [0.05, 0.1) is 5.75 Å². The van der Waals surface area contributed by atoms with E-state index < -0.39 is 9.84 Å². The molecule has 1 atom stereocenters. The monoisotopic (exact) mass is 287 g/mol. The largest absolute Gasteiger partial charge is 0.456 e. The summed E-state index contributed by atoms with van der Waals surface area (Å²) in [6.07, 6.45) is 0.719. The topological polar surface area (TPSA) is 67.6 Å². The first-order valence-corrected chi connectivity index (χ1v) is 8.19. The number of nitrogens with zero attached hydrogens (tertiary/aromatic N) is 1. The van der Waals surface area contributed by atoms with Gasteiger partial charge < -0.3 is 9.32 Å². The van der Waals surface area contributed by atoms with E-state index in [9.17, 15) is 13.2 Å². The Kier molecular flexibility index (Phi) is 5.17. The van der Waals surface area contributed by atoms with Crippen LogP contribution in [0, 0.1) is 0 Å². The molecule has 0 aromatic carbocycles. The van der Waals surface area contributed by atoms with Gasteiger partial charge in [0.25, 0.3) is 5.91 Å². The van der Waals surface area contributed by atoms with Crippen LogP contribution in [0.5, 0.6) is 0 Å². The molecule has 0 aliphatic heterocycles. The Balaban J connectivity index is 2.76. The van der Waals surface area contributed by atoms with Crippen LogP contribution in [0.3, 0.4) is 0 Å². The van der Waals surface area contributed by atoms with Crippen molar-refractivity contribution in [3.8, 4) is 0 Å². The normalized spacial score (nSPS) is 13.3. The summed E-state index contributed by atoms with van der Waals surface area (Å²) in [6.45, 7) is 5.26. The lowest BCUT2D eigenvalue weighted by Gasteiger charge is -2.23. The molecular formula is C13H21NO4S. The summed E-state index contributed by atoms with van der Waals surface area (Å²) in [5.41, 5.74) is 0. The van der Waals surface area contributed by atoms with E-state index in [1.165, 1.54) is 4.90 Å². The highest BCUT2D eigenvalue weighted by molar-refractivity contribution is 7.91. The van der Waals surface area contributed by atoms with E-state index in [2.05, 4.69) is 0 Å². The summed E-state index contributed by atoms with van der Waals surface area (Å²) < 4.78 is 28.5. The highest BCUT2D eigenvalue weighted by atomic mass is 32.2. The second-order valence-corrected chi connectivity index (χ2v) is 6.98. The zero-order chi connectivity index (χ0) is 14.6. The molecule has 1 heterocycles. The van der Waals surface area contributed by atoms with Crippen molar-refractivity contribution < 1.29 is 17.6 Å². The molecule has 1 aromatic heterocycles. The molecule has 5 nitrogen and oxygen atoms in total. The third-order valence-electron chi connectivity index (χ3n) is 3.14. The van der Waals surface area contributed by atoms with Crippen molar-refractivity contribution in [2.45, 2.75) is 33.2 Å². The second kappa shape index (κ2) is 6.23. The van der Waals surface area contributed by atoms with E-state index in [0.29, 0.717) is 0 Å². The van der Waals surface area contributed by atoms with Crippen LogP contribution in [-0.2, 0) is 16.3 Å². The minimum atomic E-state index is -3.10. The predicted octanol–water partition coefficient (Wildman–Crippen LogP) is 1.74. The fraction of sp³-hybridized carbons (Fsp3) is 0.615. The number of furan rings is 1. The molecule has 6 heteroatoms. The third-order valence-corrected chi connectivity index (χ3v) is 5.01. The summed E-state index contributed by atoms with van der Waals surface area (Å²) in [7, 11) is -1.51. The van der Waals surface area contributed by atoms with Gasteiger partial charge in [-0.05, 0) is 19.1 Å². The molecule has 0 bridgehead atoms. The summed E-state index contributed by atoms with van der Waals surface area (Å²) in [6, 6.07) is 3.00. The Hall–Kier alpha value is -1.30. The van der Waals surface area contributed by atoms with Crippen LogP contribution in [0.4, 0.5) is 0 Å². The quantitative estimate of drug-likeness (QED) is 0.799. The zero-order valence-corrected chi connectivity index (χ0v) is 12.7. The number of hydrogen-bond donors (Lipinski definition) is 0. The van der Waals surface area contributed by atoms with E-state index in [-0.39, 0.29) is 29.2 Å². The number of sulfone groups is 1. The lowest BCUT2D eigenvalue weighted by Crippen LogP contribution is -2.39. The van der Waals surface area contributed by atoms with Crippen molar-refractivity contribution >= 4 is 15.7 Å². The maximum absolute atomic E-state index is 12.1. The van der Waals surface area contributed by atoms with Gasteiger partial charge in [-0.1, -0.05) is 13.8 Å². The van der Waals surface area contributed by atoms with Gasteiger partial charge >= 0.3 is 0 Å². The van der Waals surface area contributed by atoms with Gasteiger partial charge in [0.1, 0.15) is 5.76 Å². The van der Waals surface area contributed by atoms with Crippen molar-refractivity contribution in [3.63, 3.8) is 0 Å². The van der Waals surface area contributed by atoms with Crippen molar-refractivity contribution in [2.24, 2.45) is 0 Å². The number of carbonyl (C=O) groups is 1. The van der Waals surface area contributed by atoms with Crippen molar-refractivity contribution in [3.05, 3.63) is 23.7 Å². The molecule has 108 valence electrons. The highest BCUT2D eigenvalue weighted by Crippen LogP contribution is 2.13. The van der Waals surface area contributed by atoms with Crippen LogP contribution >= 0.6 is 0 Å². The Labute approximate surface area is 114 Å². The average Bonchev–Trinajstić information content (AvgIpc) is 2.85. The van der Waals surface area contributed by atoms with Crippen molar-refractivity contribution in [2.75, 3.05) is 18.6 Å². The molecule has 1 aromatic rings. The Bertz CT molecular complexity index is 533. The van der Waals surface area contributed by atoms with E-state index >= 15 is 0 Å². The molecule has 0 N–H and O–H groups in total. The smallest absolute Gasteiger partial charge is 0.289 e. The van der Waals surface area contributed by atoms with Crippen LogP contribution in [-0.4, -0.2) is 43.8 Å². The van der Waals surface area contributed by atoms with Gasteiger partial charge in [0, 0.05) is 25.3 Å². The summed E-state index contributed by atoms with van der Waals surface area (Å²) in [5, 5.41) is 0. The number of aryl methyl sites for hydroxylation is 1. The standard InChI is InChI=1S/C13H21NO4S/c1-5-11-7-8-12(18-11)13(15)14(4)10(3)9-19(16,17)6-2/h7-8,10H,5-6,9H2,1-4H3. The zero-order valence-electron chi connectivity index (χ0n) is 11.8. The molecule has 0 aliphatic rings. The fourth-order valence-corrected chi connectivity index (χ4v) is 2.85. The molecule has 1 amide bonds. The maximum atomic E-state index is 12.1. The van der Waals surface area contributed by atoms with Gasteiger partial charge in [-0.15, -0.1) is 0 Å². The van der Waals surface area contributed by atoms with Crippen LogP contribution < -0.4 is 0 Å². The lowest BCUT2D eigenvalue weighted by atomic mass is 10.3. The van der Waals surface area contributed by atoms with Gasteiger partial charge in [0.2, 0.25) is 0 Å². The van der Waals surface area contributed by atoms with Crippen molar-refractivity contribution in [1.29, 1.82) is 0 Å². The summed E-state index contributed by atoms with van der Waals surface area (Å²) >= 11 is 0. The van der Waals surface area contributed by atoms with Crippen molar-refractivity contribution in [1.82, 2.24) is 4.90 Å². The molecule has 1 rings (SSSR count). The third kappa shape index (κ3) is 4.09. The summed E-state index contributed by atoms with van der Waals surface area (Å²) in [4.78, 5) is 13.5. The molecule has 0 saturated heterocycles. The fourth-order valence-electron chi connectivity index (χ4n) is 1.65. The minimum Gasteiger partial charge on any atom is -0.456 e. The molecule has 0 saturated carbocycles. The van der Waals surface area contributed by atoms with E-state index in [0.717, 1.165) is 12.2 Å². The van der Waals surface area contributed by atoms with Crippen LogP contribution in [0.2, 0.25) is 0 Å². The Morgan fingerprint density at radius 2 is 2.00 bits per heavy atom. The average molecular weight is 287 g/mol. The SMILES string of the molecule is CCc1ccc(C(=O)N(C)C(C)CS(=O)(=O)CC)o1. The Morgan fingerprint density at radius 1 is 1.37 bits per heavy atom. The Morgan fingerprint density at radius 3 is 2.47 bits per heavy atom. The van der Waals surface area contributed by atoms with E-state index in [1.807, 2.05) is 6.92 Å². The number of rotatable bonds is 6. The van der Waals surface area contributed by atoms with Gasteiger partial charge in [-0.2, -0.15) is 0 Å². The van der Waals surface area contributed by atoms with E-state index in [1.54, 1.807) is 33.0 Å². The first kappa shape index (κ1) is 15.8. The molecule has 19 heavy (non-hydrogen) atoms. The maximum Gasteiger partial charge on any atom is 0.289 e. The van der Waals surface area contributed by atoms with Gasteiger partial charge in [-0.3, -0.25) is 4.79 Å². The summed E-state index contributed by atoms with van der Waals surface area (Å²) in [5.74, 6) is 0.747. The van der Waals surface area contributed by atoms with E-state index in [4.69, 9.17) is 4.42 Å². The minimum absolute atomic E-state index is 0.0346. The highest BCUT2D eigenvalue weighted by Gasteiger charge is 2.24. The first-order valence-electron chi connectivity index (χ1n) is 6.37. The molecule has 0 aliphatic carbocycles. The lowest BCUT2D eigenvalue weighted by molar-refractivity contribution is 0.0723. The second-order valence-electron chi connectivity index (χ2n) is 4.58. The first-order chi connectivity index (χ1) is 8.80. The number of hydrogen-bond acceptors (Lipinski definition) is 4. The predicted molar refractivity (Wildman–Crippen MR) is 74.0 cm³/mol. The molecular weight excluding hydrogens is 266 g/mol. The molecule has 0 fully saturated rings. The van der Waals surface area contributed by atoms with Crippen LogP contribution in [0.1, 0.15) is 37.1 Å². The van der Waals surface area contributed by atoms with Gasteiger partial charge in [0.15, 0.2) is 15.6 Å². The number of amides is 1. The molecule has 1 unspecified atom stereocenters.